The highest BCUT2D eigenvalue weighted by molar-refractivity contribution is 5.84. The van der Waals surface area contributed by atoms with Gasteiger partial charge in [0.05, 0.1) is 6.61 Å². The number of benzene rings is 1. The summed E-state index contributed by atoms with van der Waals surface area (Å²) in [4.78, 5) is 18.7. The fraction of sp³-hybridized carbons (Fsp3) is 0.667. The van der Waals surface area contributed by atoms with Crippen LogP contribution in [0.3, 0.4) is 0 Å². The number of nitrogens with one attached hydrogen (secondary N) is 3. The van der Waals surface area contributed by atoms with E-state index in [1.165, 1.54) is 18.4 Å². The van der Waals surface area contributed by atoms with Gasteiger partial charge in [-0.1, -0.05) is 12.1 Å². The molecule has 1 heterocycles. The van der Waals surface area contributed by atoms with Crippen LogP contribution in [-0.4, -0.2) is 76.0 Å². The highest BCUT2D eigenvalue weighted by Gasteiger charge is 2.19. The van der Waals surface area contributed by atoms with E-state index in [1.54, 1.807) is 14.2 Å². The van der Waals surface area contributed by atoms with E-state index in [0.717, 1.165) is 57.4 Å². The van der Waals surface area contributed by atoms with Crippen LogP contribution in [0.15, 0.2) is 29.3 Å². The Hall–Kier alpha value is -2.32. The molecule has 8 heteroatoms. The van der Waals surface area contributed by atoms with Crippen molar-refractivity contribution in [1.29, 1.82) is 0 Å². The highest BCUT2D eigenvalue weighted by atomic mass is 16.6. The number of piperidine rings is 1. The first-order valence-electron chi connectivity index (χ1n) is 11.5. The smallest absolute Gasteiger partial charge is 0.412 e. The molecule has 2 rings (SSSR count). The molecule has 1 aromatic carbocycles. The number of anilines is 1. The van der Waals surface area contributed by atoms with Crippen molar-refractivity contribution in [3.63, 3.8) is 0 Å². The fourth-order valence-electron chi connectivity index (χ4n) is 3.60. The Morgan fingerprint density at radius 1 is 1.16 bits per heavy atom. The average molecular weight is 448 g/mol. The lowest BCUT2D eigenvalue weighted by Crippen LogP contribution is -2.43. The fourth-order valence-corrected chi connectivity index (χ4v) is 3.60. The zero-order chi connectivity index (χ0) is 23.4. The number of hydrogen-bond acceptors (Lipinski definition) is 5. The average Bonchev–Trinajstić information content (AvgIpc) is 2.75. The largest absolute Gasteiger partial charge is 0.444 e. The molecule has 0 radical (unpaired) electrons. The number of rotatable bonds is 9. The molecular formula is C24H41N5O3. The Bertz CT molecular complexity index is 707. The number of aliphatic imine (C=N–C) groups is 1. The Balaban J connectivity index is 1.65. The van der Waals surface area contributed by atoms with Crippen LogP contribution in [0.4, 0.5) is 10.5 Å². The number of ether oxygens (including phenoxy) is 2. The van der Waals surface area contributed by atoms with E-state index in [0.29, 0.717) is 5.92 Å². The molecule has 1 aliphatic rings. The molecule has 0 atom stereocenters. The van der Waals surface area contributed by atoms with Gasteiger partial charge in [-0.2, -0.15) is 0 Å². The molecule has 180 valence electrons. The molecular weight excluding hydrogens is 406 g/mol. The molecule has 1 aliphatic heterocycles. The van der Waals surface area contributed by atoms with Crippen molar-refractivity contribution in [2.24, 2.45) is 10.9 Å². The van der Waals surface area contributed by atoms with E-state index < -0.39 is 11.7 Å². The zero-order valence-corrected chi connectivity index (χ0v) is 20.4. The number of carbonyl (C=O) groups is 1. The number of hydrogen-bond donors (Lipinski definition) is 3. The van der Waals surface area contributed by atoms with Gasteiger partial charge in [-0.15, -0.1) is 0 Å². The second-order valence-electron chi connectivity index (χ2n) is 9.23. The molecule has 0 unspecified atom stereocenters. The van der Waals surface area contributed by atoms with Gasteiger partial charge in [0.1, 0.15) is 5.60 Å². The van der Waals surface area contributed by atoms with Crippen LogP contribution in [0, 0.1) is 5.92 Å². The van der Waals surface area contributed by atoms with Crippen molar-refractivity contribution >= 4 is 17.7 Å². The molecule has 1 aromatic rings. The molecule has 0 aliphatic carbocycles. The van der Waals surface area contributed by atoms with Crippen LogP contribution in [0.2, 0.25) is 0 Å². The first-order chi connectivity index (χ1) is 15.3. The Morgan fingerprint density at radius 3 is 2.44 bits per heavy atom. The van der Waals surface area contributed by atoms with Crippen molar-refractivity contribution in [3.05, 3.63) is 29.8 Å². The maximum atomic E-state index is 11.9. The highest BCUT2D eigenvalue weighted by Crippen LogP contribution is 2.16. The first kappa shape index (κ1) is 25.9. The molecule has 3 N–H and O–H groups in total. The van der Waals surface area contributed by atoms with Gasteiger partial charge < -0.3 is 25.0 Å². The van der Waals surface area contributed by atoms with Crippen molar-refractivity contribution in [2.45, 2.75) is 45.6 Å². The van der Waals surface area contributed by atoms with Crippen molar-refractivity contribution < 1.29 is 14.3 Å². The van der Waals surface area contributed by atoms with Crippen molar-refractivity contribution in [2.75, 3.05) is 58.8 Å². The lowest BCUT2D eigenvalue weighted by molar-refractivity contribution is 0.0636. The molecule has 8 nitrogen and oxygen atoms in total. The van der Waals surface area contributed by atoms with Gasteiger partial charge >= 0.3 is 6.09 Å². The number of methoxy groups -OCH3 is 1. The standard InChI is InChI=1S/C24H41N5O3/c1-24(2,3)32-23(30)28-21-8-6-19(7-9-21)10-13-26-22(25-4)27-18-20-11-14-29(15-12-20)16-17-31-5/h6-9,20H,10-18H2,1-5H3,(H,28,30)(H2,25,26,27). The molecule has 1 amide bonds. The topological polar surface area (TPSA) is 87.2 Å². The number of carbonyl (C=O) groups excluding carboxylic acids is 1. The summed E-state index contributed by atoms with van der Waals surface area (Å²) in [6.45, 7) is 11.4. The minimum Gasteiger partial charge on any atom is -0.444 e. The summed E-state index contributed by atoms with van der Waals surface area (Å²) in [5.74, 6) is 1.52. The molecule has 32 heavy (non-hydrogen) atoms. The monoisotopic (exact) mass is 447 g/mol. The summed E-state index contributed by atoms with van der Waals surface area (Å²) >= 11 is 0. The Labute approximate surface area is 193 Å². The second-order valence-corrected chi connectivity index (χ2v) is 9.23. The molecule has 0 aromatic heterocycles. The molecule has 1 saturated heterocycles. The van der Waals surface area contributed by atoms with Crippen LogP contribution >= 0.6 is 0 Å². The Morgan fingerprint density at radius 2 is 1.84 bits per heavy atom. The number of guanidine groups is 1. The van der Waals surface area contributed by atoms with Crippen molar-refractivity contribution in [1.82, 2.24) is 15.5 Å². The minimum absolute atomic E-state index is 0.442. The lowest BCUT2D eigenvalue weighted by Gasteiger charge is -2.32. The van der Waals surface area contributed by atoms with Crippen LogP contribution in [0.25, 0.3) is 0 Å². The summed E-state index contributed by atoms with van der Waals surface area (Å²) in [5, 5.41) is 9.61. The number of amides is 1. The first-order valence-corrected chi connectivity index (χ1v) is 11.5. The van der Waals surface area contributed by atoms with Gasteiger partial charge in [-0.25, -0.2) is 4.79 Å². The third kappa shape index (κ3) is 10.3. The number of nitrogens with zero attached hydrogens (tertiary/aromatic N) is 2. The van der Waals surface area contributed by atoms with Crippen molar-refractivity contribution in [3.8, 4) is 0 Å². The summed E-state index contributed by atoms with van der Waals surface area (Å²) < 4.78 is 10.4. The van der Waals surface area contributed by atoms with Gasteiger partial charge in [0.25, 0.3) is 0 Å². The predicted molar refractivity (Wildman–Crippen MR) is 130 cm³/mol. The third-order valence-electron chi connectivity index (χ3n) is 5.41. The summed E-state index contributed by atoms with van der Waals surface area (Å²) in [6, 6.07) is 7.82. The predicted octanol–water partition coefficient (Wildman–Crippen LogP) is 3.10. The van der Waals surface area contributed by atoms with E-state index in [2.05, 4.69) is 25.8 Å². The zero-order valence-electron chi connectivity index (χ0n) is 20.4. The summed E-state index contributed by atoms with van der Waals surface area (Å²) in [6.07, 6.45) is 2.84. The maximum Gasteiger partial charge on any atom is 0.412 e. The molecule has 1 fully saturated rings. The molecule has 0 spiro atoms. The van der Waals surface area contributed by atoms with Gasteiger partial charge in [-0.3, -0.25) is 10.3 Å². The summed E-state index contributed by atoms with van der Waals surface area (Å²) in [7, 11) is 3.56. The summed E-state index contributed by atoms with van der Waals surface area (Å²) in [5.41, 5.74) is 1.40. The van der Waals surface area contributed by atoms with Crippen LogP contribution < -0.4 is 16.0 Å². The minimum atomic E-state index is -0.510. The van der Waals surface area contributed by atoms with Crippen LogP contribution in [-0.2, 0) is 15.9 Å². The SMILES string of the molecule is CN=C(NCCc1ccc(NC(=O)OC(C)(C)C)cc1)NCC1CCN(CCOC)CC1. The van der Waals surface area contributed by atoms with E-state index in [9.17, 15) is 4.79 Å². The van der Waals surface area contributed by atoms with E-state index >= 15 is 0 Å². The van der Waals surface area contributed by atoms with Gasteiger partial charge in [0, 0.05) is 39.5 Å². The lowest BCUT2D eigenvalue weighted by atomic mass is 9.97. The van der Waals surface area contributed by atoms with Gasteiger partial charge in [-0.05, 0) is 76.7 Å². The van der Waals surface area contributed by atoms with E-state index in [-0.39, 0.29) is 0 Å². The quantitative estimate of drug-likeness (QED) is 0.398. The maximum absolute atomic E-state index is 11.9. The third-order valence-corrected chi connectivity index (χ3v) is 5.41. The van der Waals surface area contributed by atoms with Gasteiger partial charge in [0.2, 0.25) is 0 Å². The molecule has 0 saturated carbocycles. The second kappa shape index (κ2) is 13.3. The van der Waals surface area contributed by atoms with Crippen LogP contribution in [0.5, 0.6) is 0 Å². The number of likely N-dealkylation sites (tertiary alicyclic amines) is 1. The van der Waals surface area contributed by atoms with Crippen LogP contribution in [0.1, 0.15) is 39.2 Å². The van der Waals surface area contributed by atoms with E-state index in [1.807, 2.05) is 45.0 Å². The molecule has 0 bridgehead atoms. The van der Waals surface area contributed by atoms with Gasteiger partial charge in [0.15, 0.2) is 5.96 Å². The normalized spacial score (nSPS) is 16.0. The van der Waals surface area contributed by atoms with E-state index in [4.69, 9.17) is 9.47 Å². The Kier molecular flexibility index (Phi) is 10.8.